The van der Waals surface area contributed by atoms with Gasteiger partial charge in [0, 0.05) is 30.6 Å². The van der Waals surface area contributed by atoms with Gasteiger partial charge in [-0.15, -0.1) is 11.3 Å². The fourth-order valence-electron chi connectivity index (χ4n) is 2.49. The molecule has 2 atom stereocenters. The van der Waals surface area contributed by atoms with E-state index in [0.29, 0.717) is 11.8 Å². The van der Waals surface area contributed by atoms with E-state index < -0.39 is 0 Å². The van der Waals surface area contributed by atoms with Gasteiger partial charge in [0.05, 0.1) is 11.1 Å². The monoisotopic (exact) mass is 268 g/mol. The van der Waals surface area contributed by atoms with Crippen LogP contribution in [0.15, 0.2) is 6.20 Å². The first-order valence-corrected chi connectivity index (χ1v) is 7.70. The lowest BCUT2D eigenvalue weighted by Gasteiger charge is -2.16. The van der Waals surface area contributed by atoms with Gasteiger partial charge >= 0.3 is 0 Å². The van der Waals surface area contributed by atoms with Gasteiger partial charge < -0.3 is 5.11 Å². The summed E-state index contributed by atoms with van der Waals surface area (Å²) in [6, 6.07) is 0. The summed E-state index contributed by atoms with van der Waals surface area (Å²) in [6.07, 6.45) is 4.06. The maximum atomic E-state index is 9.60. The van der Waals surface area contributed by atoms with Crippen LogP contribution >= 0.6 is 11.3 Å². The van der Waals surface area contributed by atoms with Crippen molar-refractivity contribution >= 4 is 11.3 Å². The lowest BCUT2D eigenvalue weighted by molar-refractivity contribution is 0.127. The molecule has 0 amide bonds. The molecule has 18 heavy (non-hydrogen) atoms. The third-order valence-electron chi connectivity index (χ3n) is 3.55. The summed E-state index contributed by atoms with van der Waals surface area (Å²) >= 11 is 1.84. The molecule has 2 heterocycles. The minimum atomic E-state index is -0.173. The summed E-state index contributed by atoms with van der Waals surface area (Å²) in [5.41, 5.74) is 0. The maximum Gasteiger partial charge on any atom is 0.0930 e. The summed E-state index contributed by atoms with van der Waals surface area (Å²) in [7, 11) is 0. The first-order valence-electron chi connectivity index (χ1n) is 6.88. The molecule has 0 aromatic carbocycles. The Hall–Kier alpha value is -0.450. The number of hydrogen-bond acceptors (Lipinski definition) is 4. The fraction of sp³-hybridized carbons (Fsp3) is 0.786. The molecule has 0 aliphatic carbocycles. The largest absolute Gasteiger partial charge is 0.393 e. The molecule has 0 saturated carbocycles. The van der Waals surface area contributed by atoms with Crippen molar-refractivity contribution in [1.82, 2.24) is 9.88 Å². The van der Waals surface area contributed by atoms with Crippen molar-refractivity contribution < 1.29 is 5.11 Å². The van der Waals surface area contributed by atoms with Crippen LogP contribution in [0.5, 0.6) is 0 Å². The fourth-order valence-corrected chi connectivity index (χ4v) is 3.66. The summed E-state index contributed by atoms with van der Waals surface area (Å²) in [6.45, 7) is 9.49. The summed E-state index contributed by atoms with van der Waals surface area (Å²) in [5, 5.41) is 10.9. The average molecular weight is 268 g/mol. The van der Waals surface area contributed by atoms with Crippen LogP contribution in [-0.2, 0) is 13.0 Å². The van der Waals surface area contributed by atoms with E-state index in [-0.39, 0.29) is 6.10 Å². The second-order valence-corrected chi connectivity index (χ2v) is 7.04. The van der Waals surface area contributed by atoms with Gasteiger partial charge in [-0.1, -0.05) is 13.8 Å². The Bertz CT molecular complexity index is 376. The van der Waals surface area contributed by atoms with E-state index in [1.165, 1.54) is 9.88 Å². The Morgan fingerprint density at radius 2 is 2.28 bits per heavy atom. The van der Waals surface area contributed by atoms with E-state index >= 15 is 0 Å². The average Bonchev–Trinajstić information content (AvgIpc) is 2.88. The summed E-state index contributed by atoms with van der Waals surface area (Å²) in [4.78, 5) is 8.29. The van der Waals surface area contributed by atoms with Gasteiger partial charge in [-0.2, -0.15) is 0 Å². The first-order chi connectivity index (χ1) is 8.54. The highest BCUT2D eigenvalue weighted by atomic mass is 32.1. The number of aliphatic hydroxyl groups excluding tert-OH is 1. The zero-order valence-electron chi connectivity index (χ0n) is 11.6. The molecule has 2 rings (SSSR count). The summed E-state index contributed by atoms with van der Waals surface area (Å²) < 4.78 is 0. The number of likely N-dealkylation sites (tertiary alicyclic amines) is 1. The molecular weight excluding hydrogens is 244 g/mol. The molecule has 102 valence electrons. The van der Waals surface area contributed by atoms with E-state index in [1.54, 1.807) is 0 Å². The Labute approximate surface area is 114 Å². The third-order valence-corrected chi connectivity index (χ3v) is 4.56. The van der Waals surface area contributed by atoms with Crippen LogP contribution in [-0.4, -0.2) is 34.2 Å². The molecule has 0 bridgehead atoms. The Morgan fingerprint density at radius 1 is 1.50 bits per heavy atom. The highest BCUT2D eigenvalue weighted by Gasteiger charge is 2.26. The quantitative estimate of drug-likeness (QED) is 0.891. The highest BCUT2D eigenvalue weighted by molar-refractivity contribution is 7.11. The Kier molecular flexibility index (Phi) is 4.76. The molecule has 1 N–H and O–H groups in total. The Morgan fingerprint density at radius 3 is 2.89 bits per heavy atom. The lowest BCUT2D eigenvalue weighted by Crippen LogP contribution is -2.23. The predicted octanol–water partition coefficient (Wildman–Crippen LogP) is 2.54. The minimum Gasteiger partial charge on any atom is -0.393 e. The predicted molar refractivity (Wildman–Crippen MR) is 75.7 cm³/mol. The molecule has 3 nitrogen and oxygen atoms in total. The molecule has 0 radical (unpaired) electrons. The van der Waals surface area contributed by atoms with Gasteiger partial charge in [-0.25, -0.2) is 4.98 Å². The molecule has 4 heteroatoms. The third kappa shape index (κ3) is 3.77. The number of hydrogen-bond donors (Lipinski definition) is 1. The molecule has 1 aliphatic rings. The molecule has 1 aromatic heterocycles. The van der Waals surface area contributed by atoms with Crippen molar-refractivity contribution in [2.24, 2.45) is 11.8 Å². The minimum absolute atomic E-state index is 0.173. The molecular formula is C14H24N2OS. The molecule has 1 aromatic rings. The van der Waals surface area contributed by atoms with Crippen molar-refractivity contribution in [1.29, 1.82) is 0 Å². The number of rotatable bonds is 5. The van der Waals surface area contributed by atoms with Crippen LogP contribution in [0.2, 0.25) is 0 Å². The van der Waals surface area contributed by atoms with E-state index in [2.05, 4.69) is 23.7 Å². The second kappa shape index (κ2) is 6.13. The highest BCUT2D eigenvalue weighted by Crippen LogP contribution is 2.24. The SMILES string of the molecule is CC(C)Cc1ncc(CN2CCC(C(C)O)C2)s1. The van der Waals surface area contributed by atoms with E-state index in [0.717, 1.165) is 32.5 Å². The van der Waals surface area contributed by atoms with Gasteiger partial charge in [0.15, 0.2) is 0 Å². The first kappa shape index (κ1) is 14.0. The smallest absolute Gasteiger partial charge is 0.0930 e. The number of aliphatic hydroxyl groups is 1. The van der Waals surface area contributed by atoms with Crippen LogP contribution in [0.4, 0.5) is 0 Å². The van der Waals surface area contributed by atoms with Crippen molar-refractivity contribution in [2.45, 2.75) is 46.3 Å². The van der Waals surface area contributed by atoms with E-state index in [9.17, 15) is 5.11 Å². The lowest BCUT2D eigenvalue weighted by atomic mass is 10.0. The second-order valence-electron chi connectivity index (χ2n) is 5.84. The van der Waals surface area contributed by atoms with Gasteiger partial charge in [0.2, 0.25) is 0 Å². The van der Waals surface area contributed by atoms with Crippen molar-refractivity contribution in [3.63, 3.8) is 0 Å². The van der Waals surface area contributed by atoms with Crippen LogP contribution in [0.3, 0.4) is 0 Å². The molecule has 1 fully saturated rings. The topological polar surface area (TPSA) is 36.4 Å². The van der Waals surface area contributed by atoms with Crippen molar-refractivity contribution in [3.8, 4) is 0 Å². The van der Waals surface area contributed by atoms with Crippen LogP contribution in [0, 0.1) is 11.8 Å². The van der Waals surface area contributed by atoms with Crippen LogP contribution in [0.25, 0.3) is 0 Å². The number of nitrogens with zero attached hydrogens (tertiary/aromatic N) is 2. The van der Waals surface area contributed by atoms with Crippen molar-refractivity contribution in [3.05, 3.63) is 16.1 Å². The number of aromatic nitrogens is 1. The normalized spacial score (nSPS) is 22.8. The van der Waals surface area contributed by atoms with E-state index in [4.69, 9.17) is 0 Å². The van der Waals surface area contributed by atoms with Crippen molar-refractivity contribution in [2.75, 3.05) is 13.1 Å². The molecule has 0 spiro atoms. The van der Waals surface area contributed by atoms with Crippen LogP contribution < -0.4 is 0 Å². The van der Waals surface area contributed by atoms with Gasteiger partial charge in [0.1, 0.15) is 0 Å². The van der Waals surface area contributed by atoms with Crippen LogP contribution in [0.1, 0.15) is 37.1 Å². The zero-order chi connectivity index (χ0) is 13.1. The van der Waals surface area contributed by atoms with Gasteiger partial charge in [-0.05, 0) is 31.7 Å². The van der Waals surface area contributed by atoms with Gasteiger partial charge in [-0.3, -0.25) is 4.90 Å². The summed E-state index contributed by atoms with van der Waals surface area (Å²) in [5.74, 6) is 1.13. The maximum absolute atomic E-state index is 9.60. The molecule has 1 aliphatic heterocycles. The number of thiazole rings is 1. The van der Waals surface area contributed by atoms with E-state index in [1.807, 2.05) is 24.5 Å². The standard InChI is InChI=1S/C14H24N2OS/c1-10(2)6-14-15-7-13(18-14)9-16-5-4-12(8-16)11(3)17/h7,10-12,17H,4-6,8-9H2,1-3H3. The zero-order valence-corrected chi connectivity index (χ0v) is 12.4. The van der Waals surface area contributed by atoms with Gasteiger partial charge in [0.25, 0.3) is 0 Å². The molecule has 1 saturated heterocycles. The molecule has 2 unspecified atom stereocenters. The Balaban J connectivity index is 1.85.